The maximum Gasteiger partial charge on any atom is 0.164 e. The van der Waals surface area contributed by atoms with Crippen molar-refractivity contribution in [2.75, 3.05) is 5.32 Å². The number of fused-ring (bicyclic) bond motifs is 3. The summed E-state index contributed by atoms with van der Waals surface area (Å²) in [5.74, 6) is 1.14. The summed E-state index contributed by atoms with van der Waals surface area (Å²) in [7, 11) is 0. The molecule has 0 aliphatic heterocycles. The molecule has 0 spiro atoms. The van der Waals surface area contributed by atoms with Crippen LogP contribution in [0.25, 0.3) is 21.6 Å². The van der Waals surface area contributed by atoms with Crippen LogP contribution >= 0.6 is 11.3 Å². The second-order valence-electron chi connectivity index (χ2n) is 6.76. The molecule has 0 amide bonds. The molecule has 0 bridgehead atoms. The number of aryl methyl sites for hydroxylation is 3. The Bertz CT molecular complexity index is 1150. The number of thiophene rings is 1. The topological polar surface area (TPSA) is 50.7 Å². The largest absolute Gasteiger partial charge is 0.339 e. The highest BCUT2D eigenvalue weighted by atomic mass is 32.1. The fourth-order valence-electron chi connectivity index (χ4n) is 3.52. The van der Waals surface area contributed by atoms with Crippen LogP contribution in [0.5, 0.6) is 0 Å². The molecule has 4 nitrogen and oxygen atoms in total. The van der Waals surface area contributed by atoms with Gasteiger partial charge in [-0.05, 0) is 61.6 Å². The van der Waals surface area contributed by atoms with Crippen LogP contribution in [0.4, 0.5) is 15.9 Å². The summed E-state index contributed by atoms with van der Waals surface area (Å²) in [6.07, 6.45) is 6.80. The van der Waals surface area contributed by atoms with E-state index in [0.29, 0.717) is 17.1 Å². The zero-order chi connectivity index (χ0) is 18.4. The summed E-state index contributed by atoms with van der Waals surface area (Å²) in [5, 5.41) is 4.41. The van der Waals surface area contributed by atoms with Crippen LogP contribution in [0.15, 0.2) is 42.7 Å². The first kappa shape index (κ1) is 16.3. The standard InChI is InChI=1S/C21H17FN4S/c1-12-7-8-14(10-16(12)22)24-20-18-15-5-2-6-17(15)27-21(18)26-19(25-20)13-4-3-9-23-11-13/h3-4,7-11H,2,5-6H2,1H3,(H,24,25,26). The van der Waals surface area contributed by atoms with Crippen molar-refractivity contribution in [2.45, 2.75) is 26.2 Å². The SMILES string of the molecule is Cc1ccc(Nc2nc(-c3cccnc3)nc3sc4c(c23)CCC4)cc1F. The van der Waals surface area contributed by atoms with Gasteiger partial charge < -0.3 is 5.32 Å². The van der Waals surface area contributed by atoms with Crippen molar-refractivity contribution in [2.24, 2.45) is 0 Å². The molecule has 3 aromatic heterocycles. The lowest BCUT2D eigenvalue weighted by Crippen LogP contribution is -2.00. The van der Waals surface area contributed by atoms with Gasteiger partial charge in [0.25, 0.3) is 0 Å². The number of aromatic nitrogens is 3. The number of benzene rings is 1. The Hall–Kier alpha value is -2.86. The maximum absolute atomic E-state index is 14.0. The van der Waals surface area contributed by atoms with E-state index in [9.17, 15) is 4.39 Å². The van der Waals surface area contributed by atoms with Gasteiger partial charge in [-0.1, -0.05) is 6.07 Å². The minimum absolute atomic E-state index is 0.228. The fourth-order valence-corrected chi connectivity index (χ4v) is 4.78. The summed E-state index contributed by atoms with van der Waals surface area (Å²) >= 11 is 1.74. The first-order valence-electron chi connectivity index (χ1n) is 8.95. The molecule has 6 heteroatoms. The normalized spacial score (nSPS) is 13.1. The van der Waals surface area contributed by atoms with E-state index in [1.165, 1.54) is 22.9 Å². The summed E-state index contributed by atoms with van der Waals surface area (Å²) in [5.41, 5.74) is 3.52. The summed E-state index contributed by atoms with van der Waals surface area (Å²) in [6, 6.07) is 8.99. The monoisotopic (exact) mass is 376 g/mol. The Morgan fingerprint density at radius 2 is 2.07 bits per heavy atom. The van der Waals surface area contributed by atoms with Gasteiger partial charge in [-0.2, -0.15) is 0 Å². The van der Waals surface area contributed by atoms with Crippen LogP contribution in [-0.2, 0) is 12.8 Å². The number of hydrogen-bond acceptors (Lipinski definition) is 5. The highest BCUT2D eigenvalue weighted by molar-refractivity contribution is 7.19. The van der Waals surface area contributed by atoms with Gasteiger partial charge in [-0.15, -0.1) is 11.3 Å². The van der Waals surface area contributed by atoms with E-state index in [2.05, 4.69) is 10.3 Å². The van der Waals surface area contributed by atoms with Gasteiger partial charge in [0.1, 0.15) is 16.5 Å². The lowest BCUT2D eigenvalue weighted by molar-refractivity contribution is 0.619. The number of anilines is 2. The Morgan fingerprint density at radius 3 is 2.89 bits per heavy atom. The third-order valence-corrected chi connectivity index (χ3v) is 6.10. The highest BCUT2D eigenvalue weighted by Crippen LogP contribution is 2.41. The van der Waals surface area contributed by atoms with Gasteiger partial charge in [-0.3, -0.25) is 4.98 Å². The second-order valence-corrected chi connectivity index (χ2v) is 7.85. The molecular weight excluding hydrogens is 359 g/mol. The second kappa shape index (κ2) is 6.39. The minimum Gasteiger partial charge on any atom is -0.339 e. The van der Waals surface area contributed by atoms with Gasteiger partial charge in [0.05, 0.1) is 5.39 Å². The molecule has 1 aromatic carbocycles. The molecular formula is C21H17FN4S. The average Bonchev–Trinajstić information content (AvgIpc) is 3.26. The zero-order valence-electron chi connectivity index (χ0n) is 14.8. The lowest BCUT2D eigenvalue weighted by Gasteiger charge is -2.11. The van der Waals surface area contributed by atoms with Gasteiger partial charge in [0.2, 0.25) is 0 Å². The molecule has 4 aromatic rings. The van der Waals surface area contributed by atoms with Crippen LogP contribution in [0, 0.1) is 12.7 Å². The zero-order valence-corrected chi connectivity index (χ0v) is 15.6. The highest BCUT2D eigenvalue weighted by Gasteiger charge is 2.23. The van der Waals surface area contributed by atoms with Crippen molar-refractivity contribution >= 4 is 33.1 Å². The predicted molar refractivity (Wildman–Crippen MR) is 107 cm³/mol. The maximum atomic E-state index is 14.0. The van der Waals surface area contributed by atoms with E-state index in [-0.39, 0.29) is 5.82 Å². The number of rotatable bonds is 3. The molecule has 0 atom stereocenters. The minimum atomic E-state index is -0.228. The van der Waals surface area contributed by atoms with Gasteiger partial charge in [0.15, 0.2) is 5.82 Å². The van der Waals surface area contributed by atoms with Crippen molar-refractivity contribution in [1.29, 1.82) is 0 Å². The van der Waals surface area contributed by atoms with Crippen LogP contribution in [0.3, 0.4) is 0 Å². The number of nitrogens with one attached hydrogen (secondary N) is 1. The molecule has 5 rings (SSSR count). The Kier molecular flexibility index (Phi) is 3.86. The molecule has 0 fully saturated rings. The number of pyridine rings is 1. The van der Waals surface area contributed by atoms with E-state index in [1.807, 2.05) is 18.2 Å². The summed E-state index contributed by atoms with van der Waals surface area (Å²) in [6.45, 7) is 1.76. The Morgan fingerprint density at radius 1 is 1.15 bits per heavy atom. The van der Waals surface area contributed by atoms with Crippen molar-refractivity contribution < 1.29 is 4.39 Å². The molecule has 3 heterocycles. The van der Waals surface area contributed by atoms with Crippen molar-refractivity contribution in [1.82, 2.24) is 15.0 Å². The molecule has 134 valence electrons. The molecule has 27 heavy (non-hydrogen) atoms. The Labute approximate surface area is 160 Å². The number of nitrogens with zero attached hydrogens (tertiary/aromatic N) is 3. The van der Waals surface area contributed by atoms with Gasteiger partial charge in [-0.25, -0.2) is 14.4 Å². The molecule has 0 unspecified atom stereocenters. The van der Waals surface area contributed by atoms with Gasteiger partial charge in [0, 0.05) is 28.5 Å². The quantitative estimate of drug-likeness (QED) is 0.518. The molecule has 0 radical (unpaired) electrons. The van der Waals surface area contributed by atoms with E-state index in [4.69, 9.17) is 9.97 Å². The van der Waals surface area contributed by atoms with E-state index >= 15 is 0 Å². The van der Waals surface area contributed by atoms with Crippen molar-refractivity contribution in [3.05, 3.63) is 64.5 Å². The average molecular weight is 376 g/mol. The van der Waals surface area contributed by atoms with Crippen LogP contribution in [-0.4, -0.2) is 15.0 Å². The smallest absolute Gasteiger partial charge is 0.164 e. The van der Waals surface area contributed by atoms with Crippen molar-refractivity contribution in [3.8, 4) is 11.4 Å². The van der Waals surface area contributed by atoms with E-state index < -0.39 is 0 Å². The molecule has 0 saturated heterocycles. The van der Waals surface area contributed by atoms with Crippen LogP contribution < -0.4 is 5.32 Å². The van der Waals surface area contributed by atoms with Crippen LogP contribution in [0.1, 0.15) is 22.4 Å². The lowest BCUT2D eigenvalue weighted by atomic mass is 10.1. The molecule has 1 aliphatic rings. The first-order chi connectivity index (χ1) is 13.2. The van der Waals surface area contributed by atoms with E-state index in [1.54, 1.807) is 36.7 Å². The number of hydrogen-bond donors (Lipinski definition) is 1. The first-order valence-corrected chi connectivity index (χ1v) is 9.76. The van der Waals surface area contributed by atoms with Gasteiger partial charge >= 0.3 is 0 Å². The van der Waals surface area contributed by atoms with Crippen molar-refractivity contribution in [3.63, 3.8) is 0 Å². The third-order valence-electron chi connectivity index (χ3n) is 4.92. The van der Waals surface area contributed by atoms with Crippen LogP contribution in [0.2, 0.25) is 0 Å². The fraction of sp³-hybridized carbons (Fsp3) is 0.190. The molecule has 1 aliphatic carbocycles. The number of halogens is 1. The predicted octanol–water partition coefficient (Wildman–Crippen LogP) is 5.43. The third kappa shape index (κ3) is 2.86. The van der Waals surface area contributed by atoms with E-state index in [0.717, 1.165) is 34.4 Å². The molecule has 0 saturated carbocycles. The molecule has 1 N–H and O–H groups in total. The summed E-state index contributed by atoms with van der Waals surface area (Å²) in [4.78, 5) is 16.1. The Balaban J connectivity index is 1.69. The summed E-state index contributed by atoms with van der Waals surface area (Å²) < 4.78 is 14.0.